The van der Waals surface area contributed by atoms with Crippen LogP contribution in [-0.2, 0) is 11.3 Å². The third-order valence-electron chi connectivity index (χ3n) is 7.77. The summed E-state index contributed by atoms with van der Waals surface area (Å²) >= 11 is 0. The van der Waals surface area contributed by atoms with E-state index in [2.05, 4.69) is 10.2 Å². The van der Waals surface area contributed by atoms with Gasteiger partial charge in [-0.15, -0.1) is 0 Å². The molecule has 3 aliphatic rings. The van der Waals surface area contributed by atoms with Crippen molar-refractivity contribution in [3.8, 4) is 0 Å². The van der Waals surface area contributed by atoms with Gasteiger partial charge in [0.15, 0.2) is 0 Å². The molecule has 5 heteroatoms. The van der Waals surface area contributed by atoms with Crippen LogP contribution < -0.4 is 5.32 Å². The fraction of sp³-hybridized carbons (Fsp3) is 0.481. The summed E-state index contributed by atoms with van der Waals surface area (Å²) in [5, 5.41) is 3.08. The van der Waals surface area contributed by atoms with Crippen molar-refractivity contribution in [2.75, 3.05) is 0 Å². The summed E-state index contributed by atoms with van der Waals surface area (Å²) in [4.78, 5) is 29.7. The number of nitrogens with zero attached hydrogens (tertiary/aromatic N) is 1. The second-order valence-electron chi connectivity index (χ2n) is 9.65. The lowest BCUT2D eigenvalue weighted by molar-refractivity contribution is -0.127. The summed E-state index contributed by atoms with van der Waals surface area (Å²) in [5.41, 5.74) is 1.80. The Morgan fingerprint density at radius 3 is 2.50 bits per heavy atom. The van der Waals surface area contributed by atoms with Gasteiger partial charge in [-0.1, -0.05) is 62.4 Å². The lowest BCUT2D eigenvalue weighted by Crippen LogP contribution is -2.63. The third-order valence-corrected chi connectivity index (χ3v) is 7.77. The number of nitrogens with one attached hydrogen (secondary N) is 1. The van der Waals surface area contributed by atoms with Crippen LogP contribution in [0.5, 0.6) is 0 Å². The minimum atomic E-state index is -0.459. The van der Waals surface area contributed by atoms with Crippen LogP contribution in [0.2, 0.25) is 0 Å². The summed E-state index contributed by atoms with van der Waals surface area (Å²) in [7, 11) is 0. The number of fused-ring (bicyclic) bond motifs is 1. The first-order valence-electron chi connectivity index (χ1n) is 12.0. The molecular weight excluding hydrogens is 403 g/mol. The van der Waals surface area contributed by atoms with Gasteiger partial charge in [0.25, 0.3) is 5.91 Å². The number of carbonyl (C=O) groups excluding carboxylic acids is 2. The van der Waals surface area contributed by atoms with Crippen molar-refractivity contribution in [2.24, 2.45) is 0 Å². The molecule has 2 fully saturated rings. The van der Waals surface area contributed by atoms with Crippen LogP contribution in [0, 0.1) is 5.82 Å². The number of rotatable bonds is 4. The fourth-order valence-electron chi connectivity index (χ4n) is 6.41. The zero-order valence-corrected chi connectivity index (χ0v) is 18.5. The van der Waals surface area contributed by atoms with Gasteiger partial charge in [0, 0.05) is 18.2 Å². The highest BCUT2D eigenvalue weighted by molar-refractivity contribution is 6.02. The van der Waals surface area contributed by atoms with Gasteiger partial charge in [0.2, 0.25) is 5.91 Å². The highest BCUT2D eigenvalue weighted by atomic mass is 19.1. The molecule has 2 amide bonds. The van der Waals surface area contributed by atoms with E-state index in [-0.39, 0.29) is 30.2 Å². The first-order chi connectivity index (χ1) is 15.6. The first-order valence-corrected chi connectivity index (χ1v) is 12.0. The molecule has 0 bridgehead atoms. The minimum absolute atomic E-state index is 0.0584. The van der Waals surface area contributed by atoms with Crippen LogP contribution in [0.3, 0.4) is 0 Å². The van der Waals surface area contributed by atoms with Crippen LogP contribution in [0.15, 0.2) is 48.5 Å². The van der Waals surface area contributed by atoms with Crippen LogP contribution in [0.1, 0.15) is 85.2 Å². The van der Waals surface area contributed by atoms with Gasteiger partial charge >= 0.3 is 0 Å². The van der Waals surface area contributed by atoms with E-state index in [1.165, 1.54) is 18.6 Å². The Morgan fingerprint density at radius 1 is 1.00 bits per heavy atom. The first kappa shape index (κ1) is 21.2. The van der Waals surface area contributed by atoms with Crippen LogP contribution >= 0.6 is 0 Å². The van der Waals surface area contributed by atoms with Crippen molar-refractivity contribution in [3.05, 3.63) is 71.0 Å². The number of benzene rings is 2. The van der Waals surface area contributed by atoms with Gasteiger partial charge in [-0.3, -0.25) is 9.59 Å². The quantitative estimate of drug-likeness (QED) is 0.707. The second-order valence-corrected chi connectivity index (χ2v) is 9.65. The highest BCUT2D eigenvalue weighted by Gasteiger charge is 2.57. The molecule has 1 N–H and O–H groups in total. The van der Waals surface area contributed by atoms with Gasteiger partial charge < -0.3 is 10.2 Å². The molecule has 1 aliphatic heterocycles. The maximum Gasteiger partial charge on any atom is 0.254 e. The highest BCUT2D eigenvalue weighted by Crippen LogP contribution is 2.52. The predicted octanol–water partition coefficient (Wildman–Crippen LogP) is 5.33. The minimum Gasteiger partial charge on any atom is -0.351 e. The summed E-state index contributed by atoms with van der Waals surface area (Å²) in [5.74, 6) is -0.656. The Bertz CT molecular complexity index is 1010. The number of hydrogen-bond donors (Lipinski definition) is 1. The molecule has 2 aliphatic carbocycles. The van der Waals surface area contributed by atoms with E-state index in [1.807, 2.05) is 30.3 Å². The lowest BCUT2D eigenvalue weighted by Gasteiger charge is -2.54. The molecule has 168 valence electrons. The van der Waals surface area contributed by atoms with Crippen molar-refractivity contribution in [1.29, 1.82) is 0 Å². The van der Waals surface area contributed by atoms with E-state index in [0.29, 0.717) is 5.56 Å². The maximum absolute atomic E-state index is 13.8. The van der Waals surface area contributed by atoms with E-state index >= 15 is 0 Å². The summed E-state index contributed by atoms with van der Waals surface area (Å²) in [6.45, 7) is 0.280. The molecule has 1 heterocycles. The average molecular weight is 435 g/mol. The molecular formula is C27H31FN2O2. The average Bonchev–Trinajstić information content (AvgIpc) is 3.28. The molecule has 1 unspecified atom stereocenters. The molecule has 0 aromatic heterocycles. The maximum atomic E-state index is 13.8. The molecule has 4 nitrogen and oxygen atoms in total. The van der Waals surface area contributed by atoms with Crippen molar-refractivity contribution in [3.63, 3.8) is 0 Å². The number of amides is 2. The topological polar surface area (TPSA) is 49.4 Å². The van der Waals surface area contributed by atoms with Crippen molar-refractivity contribution < 1.29 is 14.0 Å². The smallest absolute Gasteiger partial charge is 0.254 e. The van der Waals surface area contributed by atoms with E-state index in [9.17, 15) is 14.0 Å². The fourth-order valence-corrected chi connectivity index (χ4v) is 6.41. The van der Waals surface area contributed by atoms with Gasteiger partial charge in [0.1, 0.15) is 5.82 Å². The summed E-state index contributed by atoms with van der Waals surface area (Å²) in [6, 6.07) is 14.2. The molecule has 0 radical (unpaired) electrons. The predicted molar refractivity (Wildman–Crippen MR) is 122 cm³/mol. The van der Waals surface area contributed by atoms with E-state index in [4.69, 9.17) is 0 Å². The summed E-state index contributed by atoms with van der Waals surface area (Å²) in [6.07, 6.45) is 9.34. The van der Waals surface area contributed by atoms with Crippen molar-refractivity contribution in [2.45, 2.75) is 81.8 Å². The number of hydrogen-bond acceptors (Lipinski definition) is 2. The monoisotopic (exact) mass is 434 g/mol. The Kier molecular flexibility index (Phi) is 5.75. The normalized spacial score (nSPS) is 22.7. The Morgan fingerprint density at radius 2 is 1.75 bits per heavy atom. The molecule has 5 rings (SSSR count). The molecule has 0 saturated heterocycles. The van der Waals surface area contributed by atoms with E-state index in [1.54, 1.807) is 6.07 Å². The Labute approximate surface area is 189 Å². The largest absolute Gasteiger partial charge is 0.351 e. The summed E-state index contributed by atoms with van der Waals surface area (Å²) < 4.78 is 13.6. The molecule has 2 aromatic rings. The van der Waals surface area contributed by atoms with Crippen LogP contribution in [0.4, 0.5) is 4.39 Å². The lowest BCUT2D eigenvalue weighted by atomic mass is 9.69. The van der Waals surface area contributed by atoms with Crippen molar-refractivity contribution >= 4 is 11.8 Å². The van der Waals surface area contributed by atoms with E-state index in [0.717, 1.165) is 62.5 Å². The number of carbonyl (C=O) groups is 2. The van der Waals surface area contributed by atoms with E-state index < -0.39 is 11.5 Å². The van der Waals surface area contributed by atoms with Gasteiger partial charge in [-0.25, -0.2) is 4.39 Å². The standard InChI is InChI=1S/C27H31FN2O2/c28-20-10-8-9-19(17-20)18-29-25(31)24-22-13-4-5-14-23(22)26(32)30(21-11-2-1-3-12-21)27(24)15-6-7-16-27/h4-5,8-10,13-14,17,21,24H,1-3,6-7,11-12,15-16,18H2,(H,29,31). The molecule has 1 atom stereocenters. The molecule has 2 saturated carbocycles. The third kappa shape index (κ3) is 3.62. The second kappa shape index (κ2) is 8.68. The van der Waals surface area contributed by atoms with Gasteiger partial charge in [-0.2, -0.15) is 0 Å². The molecule has 2 aromatic carbocycles. The van der Waals surface area contributed by atoms with Gasteiger partial charge in [0.05, 0.1) is 11.5 Å². The Balaban J connectivity index is 1.53. The van der Waals surface area contributed by atoms with Gasteiger partial charge in [-0.05, 0) is 55.0 Å². The molecule has 32 heavy (non-hydrogen) atoms. The Hall–Kier alpha value is -2.69. The molecule has 1 spiro atoms. The number of halogens is 1. The zero-order valence-electron chi connectivity index (χ0n) is 18.5. The van der Waals surface area contributed by atoms with Crippen molar-refractivity contribution in [1.82, 2.24) is 10.2 Å². The SMILES string of the molecule is O=C(NCc1cccc(F)c1)C1c2ccccc2C(=O)N(C2CCCCC2)C12CCCC2. The van der Waals surface area contributed by atoms with Crippen LogP contribution in [-0.4, -0.2) is 28.3 Å². The zero-order chi connectivity index (χ0) is 22.1. The van der Waals surface area contributed by atoms with Crippen LogP contribution in [0.25, 0.3) is 0 Å².